The number of azide groups is 1. The molecule has 3 heterocycles. The lowest BCUT2D eigenvalue weighted by Gasteiger charge is -2.36. The van der Waals surface area contributed by atoms with Crippen molar-refractivity contribution in [1.29, 1.82) is 0 Å². The van der Waals surface area contributed by atoms with Gasteiger partial charge >= 0.3 is 6.09 Å². The molecule has 0 unspecified atom stereocenters. The molecule has 2 aromatic heterocycles. The van der Waals surface area contributed by atoms with Crippen LogP contribution in [0.1, 0.15) is 17.5 Å². The maximum Gasteiger partial charge on any atom is 0.407 e. The number of nitrogens with one attached hydrogen (secondary N) is 2. The number of aromatic nitrogens is 3. The van der Waals surface area contributed by atoms with Crippen LogP contribution in [-0.2, 0) is 17.9 Å². The summed E-state index contributed by atoms with van der Waals surface area (Å²) < 4.78 is 12.5. The number of carbonyl (C=O) groups is 1. The van der Waals surface area contributed by atoms with Crippen LogP contribution in [0.15, 0.2) is 78.3 Å². The Hall–Kier alpha value is -4.80. The van der Waals surface area contributed by atoms with E-state index in [1.54, 1.807) is 11.6 Å². The van der Waals surface area contributed by atoms with Crippen molar-refractivity contribution in [2.75, 3.05) is 25.5 Å². The molecule has 39 heavy (non-hydrogen) atoms. The van der Waals surface area contributed by atoms with Crippen LogP contribution in [-0.4, -0.2) is 57.9 Å². The Morgan fingerprint density at radius 3 is 2.90 bits per heavy atom. The fourth-order valence-corrected chi connectivity index (χ4v) is 4.72. The third kappa shape index (κ3) is 6.38. The first kappa shape index (κ1) is 25.8. The van der Waals surface area contributed by atoms with E-state index in [2.05, 4.69) is 35.6 Å². The van der Waals surface area contributed by atoms with Gasteiger partial charge in [0.15, 0.2) is 5.82 Å². The van der Waals surface area contributed by atoms with Crippen LogP contribution < -0.4 is 15.4 Å². The number of alkyl carbamates (subject to hydrolysis) is 1. The van der Waals surface area contributed by atoms with Gasteiger partial charge in [-0.3, -0.25) is 4.90 Å². The Balaban J connectivity index is 1.25. The molecule has 1 amide bonds. The van der Waals surface area contributed by atoms with E-state index >= 15 is 0 Å². The Labute approximate surface area is 225 Å². The quantitative estimate of drug-likeness (QED) is 0.183. The molecular weight excluding hydrogens is 498 g/mol. The molecule has 200 valence electrons. The van der Waals surface area contributed by atoms with E-state index in [0.717, 1.165) is 28.1 Å². The van der Waals surface area contributed by atoms with E-state index in [9.17, 15) is 10.3 Å². The number of amides is 1. The van der Waals surface area contributed by atoms with Gasteiger partial charge in [-0.2, -0.15) is 5.10 Å². The maximum atomic E-state index is 12.4. The number of hydrogen-bond donors (Lipinski definition) is 2. The van der Waals surface area contributed by atoms with Crippen LogP contribution in [0, 0.1) is 0 Å². The van der Waals surface area contributed by atoms with Crippen LogP contribution in [0.3, 0.4) is 0 Å². The first-order chi connectivity index (χ1) is 19.1. The summed E-state index contributed by atoms with van der Waals surface area (Å²) in [5.74, 6) is 1.41. The summed E-state index contributed by atoms with van der Waals surface area (Å²) in [6.45, 7) is 1.95. The number of carbonyl (C=O) groups excluding carboxylic acids is 1. The molecule has 1 fully saturated rings. The van der Waals surface area contributed by atoms with Gasteiger partial charge in [-0.25, -0.2) is 14.3 Å². The van der Waals surface area contributed by atoms with E-state index in [0.29, 0.717) is 31.9 Å². The van der Waals surface area contributed by atoms with Gasteiger partial charge < -0.3 is 20.1 Å². The molecule has 2 atom stereocenters. The standard InChI is InChI=1S/C27H29N9O3/c1-38-22-9-5-8-21(14-22)31-26-25-20(10-13-36(25)30-18-29-26)15-35-12-11-23(24(16-35)33-34-28)32-27(37)39-17-19-6-3-2-4-7-19/h2-10,13-14,18,23-24H,11-12,15-17H2,1H3,(H,32,37)(H,29,30,31)/t23-,24-/m1/s1. The van der Waals surface area contributed by atoms with Crippen LogP contribution in [0.2, 0.25) is 0 Å². The number of hydrogen-bond acceptors (Lipinski definition) is 8. The van der Waals surface area contributed by atoms with Crippen molar-refractivity contribution in [3.8, 4) is 5.75 Å². The Kier molecular flexibility index (Phi) is 8.06. The summed E-state index contributed by atoms with van der Waals surface area (Å²) in [7, 11) is 1.63. The summed E-state index contributed by atoms with van der Waals surface area (Å²) in [6, 6.07) is 18.3. The molecule has 5 rings (SSSR count). The van der Waals surface area contributed by atoms with E-state index in [1.165, 1.54) is 6.33 Å². The van der Waals surface area contributed by atoms with Crippen LogP contribution in [0.4, 0.5) is 16.3 Å². The van der Waals surface area contributed by atoms with Gasteiger partial charge in [0.25, 0.3) is 0 Å². The monoisotopic (exact) mass is 527 g/mol. The van der Waals surface area contributed by atoms with Gasteiger partial charge in [-0.05, 0) is 41.3 Å². The molecule has 1 saturated heterocycles. The van der Waals surface area contributed by atoms with E-state index in [4.69, 9.17) is 9.47 Å². The summed E-state index contributed by atoms with van der Waals surface area (Å²) in [6.07, 6.45) is 3.48. The highest BCUT2D eigenvalue weighted by molar-refractivity contribution is 5.76. The van der Waals surface area contributed by atoms with Gasteiger partial charge in [0.1, 0.15) is 24.2 Å². The van der Waals surface area contributed by atoms with Crippen molar-refractivity contribution < 1.29 is 14.3 Å². The minimum Gasteiger partial charge on any atom is -0.497 e. The molecule has 0 radical (unpaired) electrons. The number of methoxy groups -OCH3 is 1. The molecule has 12 heteroatoms. The van der Waals surface area contributed by atoms with E-state index < -0.39 is 12.1 Å². The molecule has 2 aromatic carbocycles. The van der Waals surface area contributed by atoms with Crippen molar-refractivity contribution in [2.45, 2.75) is 31.7 Å². The Morgan fingerprint density at radius 2 is 2.08 bits per heavy atom. The van der Waals surface area contributed by atoms with Gasteiger partial charge in [0.2, 0.25) is 0 Å². The first-order valence-corrected chi connectivity index (χ1v) is 12.6. The second-order valence-electron chi connectivity index (χ2n) is 9.21. The number of nitrogens with zero attached hydrogens (tertiary/aromatic N) is 7. The van der Waals surface area contributed by atoms with Crippen molar-refractivity contribution >= 4 is 23.1 Å². The van der Waals surface area contributed by atoms with Gasteiger partial charge in [0.05, 0.1) is 13.2 Å². The maximum absolute atomic E-state index is 12.4. The third-order valence-electron chi connectivity index (χ3n) is 6.65. The summed E-state index contributed by atoms with van der Waals surface area (Å²) in [5, 5.41) is 14.6. The zero-order valence-corrected chi connectivity index (χ0v) is 21.5. The zero-order chi connectivity index (χ0) is 27.0. The highest BCUT2D eigenvalue weighted by Gasteiger charge is 2.30. The minimum absolute atomic E-state index is 0.174. The Bertz CT molecular complexity index is 1470. The largest absolute Gasteiger partial charge is 0.497 e. The molecule has 1 aliphatic heterocycles. The number of piperidine rings is 1. The van der Waals surface area contributed by atoms with Crippen molar-refractivity contribution in [1.82, 2.24) is 24.8 Å². The third-order valence-corrected chi connectivity index (χ3v) is 6.65. The molecule has 1 aliphatic rings. The minimum atomic E-state index is -0.528. The van der Waals surface area contributed by atoms with E-state index in [-0.39, 0.29) is 12.6 Å². The molecule has 2 N–H and O–H groups in total. The number of anilines is 2. The lowest BCUT2D eigenvalue weighted by atomic mass is 9.99. The Morgan fingerprint density at radius 1 is 1.21 bits per heavy atom. The van der Waals surface area contributed by atoms with Crippen molar-refractivity contribution in [2.24, 2.45) is 5.11 Å². The second kappa shape index (κ2) is 12.2. The summed E-state index contributed by atoms with van der Waals surface area (Å²) in [4.78, 5) is 22.1. The van der Waals surface area contributed by atoms with Crippen LogP contribution >= 0.6 is 0 Å². The van der Waals surface area contributed by atoms with Crippen molar-refractivity contribution in [3.05, 3.63) is 94.8 Å². The number of ether oxygens (including phenoxy) is 2. The smallest absolute Gasteiger partial charge is 0.407 e. The SMILES string of the molecule is COc1cccc(Nc2ncnn3ccc(CN4CC[C@@H](NC(=O)OCc5ccccc5)[C@H](N=[N+]=[N-])C4)c23)c1. The molecular formula is C27H29N9O3. The zero-order valence-electron chi connectivity index (χ0n) is 21.5. The lowest BCUT2D eigenvalue weighted by Crippen LogP contribution is -2.53. The number of benzene rings is 2. The fourth-order valence-electron chi connectivity index (χ4n) is 4.72. The number of fused-ring (bicyclic) bond motifs is 1. The van der Waals surface area contributed by atoms with Gasteiger partial charge in [-0.15, -0.1) is 0 Å². The highest BCUT2D eigenvalue weighted by atomic mass is 16.5. The molecule has 0 saturated carbocycles. The number of likely N-dealkylation sites (tertiary alicyclic amines) is 1. The first-order valence-electron chi connectivity index (χ1n) is 12.6. The average molecular weight is 528 g/mol. The average Bonchev–Trinajstić information content (AvgIpc) is 3.38. The van der Waals surface area contributed by atoms with Gasteiger partial charge in [0, 0.05) is 48.5 Å². The van der Waals surface area contributed by atoms with Gasteiger partial charge in [-0.1, -0.05) is 41.5 Å². The van der Waals surface area contributed by atoms with Crippen LogP contribution in [0.5, 0.6) is 5.75 Å². The van der Waals surface area contributed by atoms with Crippen LogP contribution in [0.25, 0.3) is 16.0 Å². The molecule has 0 bridgehead atoms. The second-order valence-corrected chi connectivity index (χ2v) is 9.21. The predicted molar refractivity (Wildman–Crippen MR) is 146 cm³/mol. The molecule has 4 aromatic rings. The topological polar surface area (TPSA) is 142 Å². The summed E-state index contributed by atoms with van der Waals surface area (Å²) in [5.41, 5.74) is 12.8. The number of rotatable bonds is 9. The summed E-state index contributed by atoms with van der Waals surface area (Å²) >= 11 is 0. The molecule has 0 aliphatic carbocycles. The van der Waals surface area contributed by atoms with Crippen molar-refractivity contribution in [3.63, 3.8) is 0 Å². The molecule has 0 spiro atoms. The highest BCUT2D eigenvalue weighted by Crippen LogP contribution is 2.27. The lowest BCUT2D eigenvalue weighted by molar-refractivity contribution is 0.120. The molecule has 12 nitrogen and oxygen atoms in total. The normalized spacial score (nSPS) is 17.3. The predicted octanol–water partition coefficient (Wildman–Crippen LogP) is 4.66. The fraction of sp³-hybridized carbons (Fsp3) is 0.296. The van der Waals surface area contributed by atoms with E-state index in [1.807, 2.05) is 66.9 Å².